The molecule has 2 aliphatic rings. The molecule has 0 saturated heterocycles. The van der Waals surface area contributed by atoms with Crippen molar-refractivity contribution in [3.63, 3.8) is 0 Å². The minimum Gasteiger partial charge on any atom is -0.316 e. The van der Waals surface area contributed by atoms with E-state index in [1.54, 1.807) is 0 Å². The van der Waals surface area contributed by atoms with Crippen molar-refractivity contribution in [2.24, 2.45) is 0 Å². The van der Waals surface area contributed by atoms with Crippen LogP contribution in [-0.4, -0.2) is 9.13 Å². The zero-order valence-electron chi connectivity index (χ0n) is 28.9. The van der Waals surface area contributed by atoms with Crippen molar-refractivity contribution in [1.82, 2.24) is 9.13 Å². The number of hydrogen-bond acceptors (Lipinski definition) is 3. The largest absolute Gasteiger partial charge is 0.316 e. The van der Waals surface area contributed by atoms with Gasteiger partial charge in [0.1, 0.15) is 6.07 Å². The lowest BCUT2D eigenvalue weighted by atomic mass is 9.83. The van der Waals surface area contributed by atoms with Gasteiger partial charge in [0.15, 0.2) is 0 Å². The number of benzene rings is 4. The van der Waals surface area contributed by atoms with Crippen molar-refractivity contribution >= 4 is 39.7 Å². The first kappa shape index (κ1) is 31.6. The van der Waals surface area contributed by atoms with E-state index < -0.39 is 0 Å². The van der Waals surface area contributed by atoms with Gasteiger partial charge >= 0.3 is 0 Å². The molecule has 0 amide bonds. The number of allylic oxidation sites excluding steroid dienone is 6. The van der Waals surface area contributed by atoms with E-state index in [1.165, 1.54) is 11.3 Å². The molecular formula is C46H35N5. The Labute approximate surface area is 298 Å². The van der Waals surface area contributed by atoms with Crippen LogP contribution < -0.4 is 0 Å². The molecule has 51 heavy (non-hydrogen) atoms. The van der Waals surface area contributed by atoms with Gasteiger partial charge in [-0.1, -0.05) is 85.8 Å². The minimum absolute atomic E-state index is 0.118. The van der Waals surface area contributed by atoms with Gasteiger partial charge in [-0.15, -0.1) is 0 Å². The number of para-hydroxylation sites is 3. The fraction of sp³-hybridized carbons (Fsp3) is 0.152. The van der Waals surface area contributed by atoms with E-state index in [0.29, 0.717) is 18.4 Å². The molecule has 0 fully saturated rings. The fourth-order valence-electron chi connectivity index (χ4n) is 8.26. The molecule has 8 rings (SSSR count). The molecule has 2 atom stereocenters. The number of nitrogens with zero attached hydrogens (tertiary/aromatic N) is 5. The van der Waals surface area contributed by atoms with Gasteiger partial charge in [-0.2, -0.15) is 15.8 Å². The van der Waals surface area contributed by atoms with E-state index >= 15 is 0 Å². The Morgan fingerprint density at radius 2 is 1.47 bits per heavy atom. The number of nitriles is 3. The molecule has 2 unspecified atom stereocenters. The first-order valence-corrected chi connectivity index (χ1v) is 17.4. The van der Waals surface area contributed by atoms with Crippen LogP contribution >= 0.6 is 0 Å². The van der Waals surface area contributed by atoms with Crippen LogP contribution in [0, 0.1) is 40.9 Å². The minimum atomic E-state index is -0.118. The van der Waals surface area contributed by atoms with E-state index in [4.69, 9.17) is 0 Å². The van der Waals surface area contributed by atoms with Gasteiger partial charge in [0.2, 0.25) is 0 Å². The highest BCUT2D eigenvalue weighted by molar-refractivity contribution is 5.96. The second-order valence-corrected chi connectivity index (χ2v) is 13.5. The van der Waals surface area contributed by atoms with Crippen LogP contribution in [-0.2, 0) is 0 Å². The lowest BCUT2D eigenvalue weighted by Crippen LogP contribution is -2.14. The molecule has 0 radical (unpaired) electrons. The summed E-state index contributed by atoms with van der Waals surface area (Å²) in [6.45, 7) is 6.35. The Morgan fingerprint density at radius 3 is 2.18 bits per heavy atom. The molecular weight excluding hydrogens is 623 g/mol. The summed E-state index contributed by atoms with van der Waals surface area (Å²) in [5.41, 5.74) is 13.9. The zero-order chi connectivity index (χ0) is 35.2. The maximum atomic E-state index is 10.4. The molecule has 5 heteroatoms. The second-order valence-electron chi connectivity index (χ2n) is 13.5. The lowest BCUT2D eigenvalue weighted by Gasteiger charge is -2.27. The lowest BCUT2D eigenvalue weighted by molar-refractivity contribution is 0.699. The Bertz CT molecular complexity index is 2650. The Hall–Kier alpha value is -6.61. The molecule has 0 aliphatic heterocycles. The maximum Gasteiger partial charge on any atom is 0.101 e. The van der Waals surface area contributed by atoms with Gasteiger partial charge in [0, 0.05) is 62.0 Å². The monoisotopic (exact) mass is 657 g/mol. The highest BCUT2D eigenvalue weighted by Gasteiger charge is 2.30. The predicted molar refractivity (Wildman–Crippen MR) is 207 cm³/mol. The van der Waals surface area contributed by atoms with Crippen LogP contribution in [0.5, 0.6) is 0 Å². The summed E-state index contributed by atoms with van der Waals surface area (Å²) in [5, 5.41) is 32.7. The van der Waals surface area contributed by atoms with Gasteiger partial charge in [-0.05, 0) is 85.9 Å². The molecule has 0 bridgehead atoms. The summed E-state index contributed by atoms with van der Waals surface area (Å²) in [5.74, 6) is 0.0622. The van der Waals surface area contributed by atoms with Crippen molar-refractivity contribution < 1.29 is 0 Å². The summed E-state index contributed by atoms with van der Waals surface area (Å²) < 4.78 is 4.59. The highest BCUT2D eigenvalue weighted by atomic mass is 15.0. The molecule has 6 aromatic rings. The van der Waals surface area contributed by atoms with Gasteiger partial charge in [-0.3, -0.25) is 0 Å². The first-order chi connectivity index (χ1) is 25.0. The third-order valence-corrected chi connectivity index (χ3v) is 10.6. The number of fused-ring (bicyclic) bond motifs is 4. The number of hydrogen-bond donors (Lipinski definition) is 0. The summed E-state index contributed by atoms with van der Waals surface area (Å²) >= 11 is 0. The van der Waals surface area contributed by atoms with Crippen molar-refractivity contribution in [2.75, 3.05) is 0 Å². The van der Waals surface area contributed by atoms with E-state index in [2.05, 4.69) is 132 Å². The van der Waals surface area contributed by atoms with Crippen molar-refractivity contribution in [1.29, 1.82) is 15.8 Å². The average molecular weight is 658 g/mol. The number of aromatic nitrogens is 2. The maximum absolute atomic E-state index is 10.4. The molecule has 0 saturated carbocycles. The number of rotatable bonds is 5. The third kappa shape index (κ3) is 5.04. The summed E-state index contributed by atoms with van der Waals surface area (Å²) in [4.78, 5) is 0. The standard InChI is InChI=1S/C46H35N5/c1-4-10-42-30(3)37-12-5-7-15-43(37)51(42)46-35(28-49)11-9-14-38(46)32-17-19-33(20-18-32)40-25-36(22-21-34(40)27-48)50-44-16-8-6-13-39(44)41-24-31(26-47)23-29(2)45(41)50/h4-22,24,29,40H,23,25H2,1-3H3/b10-4-. The van der Waals surface area contributed by atoms with Crippen molar-refractivity contribution in [3.05, 3.63) is 154 Å². The Kier molecular flexibility index (Phi) is 7.87. The van der Waals surface area contributed by atoms with Gasteiger partial charge in [0.25, 0.3) is 0 Å². The second kappa shape index (κ2) is 12.7. The molecule has 2 aromatic heterocycles. The molecule has 244 valence electrons. The van der Waals surface area contributed by atoms with E-state index in [9.17, 15) is 15.8 Å². The van der Waals surface area contributed by atoms with Gasteiger partial charge in [0.05, 0.1) is 34.4 Å². The van der Waals surface area contributed by atoms with E-state index in [1.807, 2.05) is 37.3 Å². The van der Waals surface area contributed by atoms with Crippen LogP contribution in [0.3, 0.4) is 0 Å². The molecule has 4 aromatic carbocycles. The SMILES string of the molecule is C/C=C\c1c(C)c2ccccc2n1-c1c(C#N)cccc1-c1ccc(C2CC(n3c4c(c5ccccc53)C=C(C#N)CC4C)=CC=C2C#N)cc1. The van der Waals surface area contributed by atoms with Crippen LogP contribution in [0.2, 0.25) is 0 Å². The molecule has 0 spiro atoms. The fourth-order valence-corrected chi connectivity index (χ4v) is 8.26. The van der Waals surface area contributed by atoms with Crippen molar-refractivity contribution in [2.45, 2.75) is 45.4 Å². The highest BCUT2D eigenvalue weighted by Crippen LogP contribution is 2.45. The molecule has 2 heterocycles. The summed E-state index contributed by atoms with van der Waals surface area (Å²) in [6.07, 6.45) is 11.7. The zero-order valence-corrected chi connectivity index (χ0v) is 28.9. The Morgan fingerprint density at radius 1 is 0.745 bits per heavy atom. The molecule has 2 aliphatic carbocycles. The normalized spacial score (nSPS) is 17.0. The predicted octanol–water partition coefficient (Wildman–Crippen LogP) is 11.4. The van der Waals surface area contributed by atoms with Gasteiger partial charge < -0.3 is 9.13 Å². The first-order valence-electron chi connectivity index (χ1n) is 17.4. The molecule has 5 nitrogen and oxygen atoms in total. The van der Waals surface area contributed by atoms with Crippen LogP contribution in [0.25, 0.3) is 56.5 Å². The van der Waals surface area contributed by atoms with E-state index in [-0.39, 0.29) is 11.8 Å². The number of aryl methyl sites for hydroxylation is 1. The Balaban J connectivity index is 1.22. The average Bonchev–Trinajstić information content (AvgIpc) is 3.66. The van der Waals surface area contributed by atoms with Crippen LogP contribution in [0.15, 0.2) is 120 Å². The van der Waals surface area contributed by atoms with Crippen molar-refractivity contribution in [3.8, 4) is 35.0 Å². The summed E-state index contributed by atoms with van der Waals surface area (Å²) in [6, 6.07) is 38.6. The van der Waals surface area contributed by atoms with Crippen LogP contribution in [0.1, 0.15) is 72.2 Å². The smallest absolute Gasteiger partial charge is 0.101 e. The third-order valence-electron chi connectivity index (χ3n) is 10.6. The van der Waals surface area contributed by atoms with E-state index in [0.717, 1.165) is 72.3 Å². The summed E-state index contributed by atoms with van der Waals surface area (Å²) in [7, 11) is 0. The quantitative estimate of drug-likeness (QED) is 0.185. The topological polar surface area (TPSA) is 81.2 Å². The van der Waals surface area contributed by atoms with Crippen LogP contribution in [0.4, 0.5) is 0 Å². The molecule has 0 N–H and O–H groups in total. The van der Waals surface area contributed by atoms with Gasteiger partial charge in [-0.25, -0.2) is 0 Å².